The number of halogens is 3. The van der Waals surface area contributed by atoms with Crippen molar-refractivity contribution in [1.29, 1.82) is 0 Å². The van der Waals surface area contributed by atoms with Gasteiger partial charge in [0, 0.05) is 22.3 Å². The molecule has 1 aromatic carbocycles. The zero-order valence-electron chi connectivity index (χ0n) is 12.1. The van der Waals surface area contributed by atoms with Gasteiger partial charge in [-0.2, -0.15) is 0 Å². The van der Waals surface area contributed by atoms with Crippen molar-refractivity contribution >= 4 is 57.9 Å². The van der Waals surface area contributed by atoms with Crippen LogP contribution in [0.1, 0.15) is 12.5 Å². The lowest BCUT2D eigenvalue weighted by molar-refractivity contribution is 0.688. The number of nitrogens with zero attached hydrogens (tertiary/aromatic N) is 3. The van der Waals surface area contributed by atoms with Crippen LogP contribution in [0.5, 0.6) is 0 Å². The number of thiophene rings is 1. The fourth-order valence-electron chi connectivity index (χ4n) is 2.08. The summed E-state index contributed by atoms with van der Waals surface area (Å²) >= 11 is 21.3. The molecule has 0 fully saturated rings. The SMILES string of the molecule is CCn1c(SCc2ccc(Cl)cc2Cl)nnc1-c1ccc(Cl)s1. The Morgan fingerprint density at radius 1 is 1.13 bits per heavy atom. The zero-order chi connectivity index (χ0) is 16.4. The standard InChI is InChI=1S/C15H12Cl3N3S2/c1-2-21-14(12-5-6-13(18)23-12)19-20-15(21)22-8-9-3-4-10(16)7-11(9)17/h3-7H,2,8H2,1H3. The van der Waals surface area contributed by atoms with Gasteiger partial charge in [-0.1, -0.05) is 52.6 Å². The first-order valence-electron chi connectivity index (χ1n) is 6.84. The van der Waals surface area contributed by atoms with E-state index in [2.05, 4.69) is 21.7 Å². The third-order valence-electron chi connectivity index (χ3n) is 3.20. The second kappa shape index (κ2) is 7.45. The van der Waals surface area contributed by atoms with E-state index >= 15 is 0 Å². The Balaban J connectivity index is 1.82. The van der Waals surface area contributed by atoms with Crippen molar-refractivity contribution in [3.8, 4) is 10.7 Å². The summed E-state index contributed by atoms with van der Waals surface area (Å²) in [6.45, 7) is 2.86. The highest BCUT2D eigenvalue weighted by molar-refractivity contribution is 7.98. The lowest BCUT2D eigenvalue weighted by Crippen LogP contribution is -1.99. The Morgan fingerprint density at radius 3 is 2.61 bits per heavy atom. The van der Waals surface area contributed by atoms with Gasteiger partial charge in [-0.05, 0) is 36.8 Å². The topological polar surface area (TPSA) is 30.7 Å². The maximum absolute atomic E-state index is 6.22. The van der Waals surface area contributed by atoms with E-state index < -0.39 is 0 Å². The van der Waals surface area contributed by atoms with Crippen molar-refractivity contribution in [3.05, 3.63) is 50.3 Å². The number of benzene rings is 1. The molecule has 0 unspecified atom stereocenters. The van der Waals surface area contributed by atoms with Gasteiger partial charge in [0.1, 0.15) is 0 Å². The predicted molar refractivity (Wildman–Crippen MR) is 100 cm³/mol. The van der Waals surface area contributed by atoms with Crippen LogP contribution < -0.4 is 0 Å². The van der Waals surface area contributed by atoms with Crippen LogP contribution in [0.3, 0.4) is 0 Å². The van der Waals surface area contributed by atoms with Crippen molar-refractivity contribution in [2.45, 2.75) is 24.4 Å². The van der Waals surface area contributed by atoms with Crippen molar-refractivity contribution in [1.82, 2.24) is 14.8 Å². The van der Waals surface area contributed by atoms with Crippen molar-refractivity contribution < 1.29 is 0 Å². The minimum absolute atomic E-state index is 0.636. The molecule has 3 rings (SSSR count). The molecule has 3 aromatic rings. The monoisotopic (exact) mass is 403 g/mol. The molecule has 2 heterocycles. The summed E-state index contributed by atoms with van der Waals surface area (Å²) in [5, 5.41) is 10.8. The number of hydrogen-bond donors (Lipinski definition) is 0. The molecule has 0 amide bonds. The molecule has 2 aromatic heterocycles. The molecule has 23 heavy (non-hydrogen) atoms. The molecule has 0 aliphatic carbocycles. The summed E-state index contributed by atoms with van der Waals surface area (Å²) in [6.07, 6.45) is 0. The highest BCUT2D eigenvalue weighted by atomic mass is 35.5. The van der Waals surface area contributed by atoms with E-state index in [1.165, 1.54) is 11.3 Å². The molecule has 0 spiro atoms. The Morgan fingerprint density at radius 2 is 1.96 bits per heavy atom. The van der Waals surface area contributed by atoms with Crippen LogP contribution in [-0.4, -0.2) is 14.8 Å². The number of aromatic nitrogens is 3. The molecule has 8 heteroatoms. The summed E-state index contributed by atoms with van der Waals surface area (Å²) in [6, 6.07) is 9.37. The van der Waals surface area contributed by atoms with E-state index in [1.807, 2.05) is 24.3 Å². The summed E-state index contributed by atoms with van der Waals surface area (Å²) in [4.78, 5) is 1.01. The van der Waals surface area contributed by atoms with Gasteiger partial charge in [0.2, 0.25) is 0 Å². The molecule has 0 saturated carbocycles. The summed E-state index contributed by atoms with van der Waals surface area (Å²) in [7, 11) is 0. The summed E-state index contributed by atoms with van der Waals surface area (Å²) < 4.78 is 2.82. The molecule has 120 valence electrons. The van der Waals surface area contributed by atoms with E-state index in [9.17, 15) is 0 Å². The summed E-state index contributed by atoms with van der Waals surface area (Å²) in [5.74, 6) is 1.55. The number of rotatable bonds is 5. The summed E-state index contributed by atoms with van der Waals surface area (Å²) in [5.41, 5.74) is 1.02. The number of thioether (sulfide) groups is 1. The van der Waals surface area contributed by atoms with Crippen LogP contribution >= 0.6 is 57.9 Å². The van der Waals surface area contributed by atoms with Crippen molar-refractivity contribution in [3.63, 3.8) is 0 Å². The van der Waals surface area contributed by atoms with Crippen LogP contribution in [0.2, 0.25) is 14.4 Å². The van der Waals surface area contributed by atoms with Gasteiger partial charge in [-0.3, -0.25) is 0 Å². The average molecular weight is 405 g/mol. The zero-order valence-corrected chi connectivity index (χ0v) is 16.0. The molecular formula is C15H12Cl3N3S2. The predicted octanol–water partition coefficient (Wildman–Crippen LogP) is 6.28. The Bertz CT molecular complexity index is 829. The average Bonchev–Trinajstić information content (AvgIpc) is 3.12. The second-order valence-electron chi connectivity index (χ2n) is 4.68. The van der Waals surface area contributed by atoms with Gasteiger partial charge < -0.3 is 4.57 Å². The highest BCUT2D eigenvalue weighted by Gasteiger charge is 2.15. The lowest BCUT2D eigenvalue weighted by Gasteiger charge is -2.07. The van der Waals surface area contributed by atoms with Gasteiger partial charge in [-0.15, -0.1) is 21.5 Å². The molecule has 0 saturated heterocycles. The highest BCUT2D eigenvalue weighted by Crippen LogP contribution is 2.33. The minimum Gasteiger partial charge on any atom is -0.302 e. The largest absolute Gasteiger partial charge is 0.302 e. The maximum atomic E-state index is 6.22. The number of hydrogen-bond acceptors (Lipinski definition) is 4. The quantitative estimate of drug-likeness (QED) is 0.469. The van der Waals surface area contributed by atoms with Crippen LogP contribution in [0, 0.1) is 0 Å². The fraction of sp³-hybridized carbons (Fsp3) is 0.200. The normalized spacial score (nSPS) is 11.1. The second-order valence-corrected chi connectivity index (χ2v) is 8.18. The van der Waals surface area contributed by atoms with E-state index in [0.717, 1.165) is 32.3 Å². The molecule has 0 aliphatic rings. The third kappa shape index (κ3) is 3.86. The van der Waals surface area contributed by atoms with Crippen molar-refractivity contribution in [2.24, 2.45) is 0 Å². The van der Waals surface area contributed by atoms with Crippen LogP contribution in [0.25, 0.3) is 10.7 Å². The van der Waals surface area contributed by atoms with Gasteiger partial charge in [0.05, 0.1) is 9.21 Å². The molecular weight excluding hydrogens is 393 g/mol. The Hall–Kier alpha value is -0.720. The van der Waals surface area contributed by atoms with Gasteiger partial charge >= 0.3 is 0 Å². The van der Waals surface area contributed by atoms with E-state index in [1.54, 1.807) is 17.8 Å². The van der Waals surface area contributed by atoms with E-state index in [0.29, 0.717) is 15.8 Å². The van der Waals surface area contributed by atoms with Crippen molar-refractivity contribution in [2.75, 3.05) is 0 Å². The molecule has 3 nitrogen and oxygen atoms in total. The fourth-order valence-corrected chi connectivity index (χ4v) is 4.68. The first-order valence-corrected chi connectivity index (χ1v) is 9.77. The maximum Gasteiger partial charge on any atom is 0.191 e. The first kappa shape index (κ1) is 17.1. The minimum atomic E-state index is 0.636. The first-order chi connectivity index (χ1) is 11.1. The molecule has 0 aliphatic heterocycles. The van der Waals surface area contributed by atoms with Gasteiger partial charge in [-0.25, -0.2) is 0 Å². The van der Waals surface area contributed by atoms with Gasteiger partial charge in [0.15, 0.2) is 11.0 Å². The van der Waals surface area contributed by atoms with Crippen LogP contribution in [0.15, 0.2) is 35.5 Å². The molecule has 0 radical (unpaired) electrons. The van der Waals surface area contributed by atoms with E-state index in [-0.39, 0.29) is 0 Å². The Kier molecular flexibility index (Phi) is 5.54. The Labute approximate surface area is 157 Å². The third-order valence-corrected chi connectivity index (χ3v) is 6.03. The van der Waals surface area contributed by atoms with Crippen LogP contribution in [-0.2, 0) is 12.3 Å². The van der Waals surface area contributed by atoms with Crippen LogP contribution in [0.4, 0.5) is 0 Å². The van der Waals surface area contributed by atoms with Gasteiger partial charge in [0.25, 0.3) is 0 Å². The molecule has 0 bridgehead atoms. The van der Waals surface area contributed by atoms with E-state index in [4.69, 9.17) is 34.8 Å². The molecule has 0 atom stereocenters. The smallest absolute Gasteiger partial charge is 0.191 e. The molecule has 0 N–H and O–H groups in total. The lowest BCUT2D eigenvalue weighted by atomic mass is 10.2.